The Kier molecular flexibility index (Phi) is 9.60. The van der Waals surface area contributed by atoms with Crippen molar-refractivity contribution in [2.45, 2.75) is 39.5 Å². The van der Waals surface area contributed by atoms with E-state index in [4.69, 9.17) is 14.2 Å². The van der Waals surface area contributed by atoms with Gasteiger partial charge >= 0.3 is 5.97 Å². The standard InChI is InChI=1S/C14H26O4/c1-5-14(3,11-17-12-16-4)10-8-7-9-13(15)18-6-2/h5H,1,6-12H2,2-4H3/t14-/m1/s1. The van der Waals surface area contributed by atoms with Gasteiger partial charge in [0, 0.05) is 18.9 Å². The Morgan fingerprint density at radius 3 is 2.67 bits per heavy atom. The van der Waals surface area contributed by atoms with E-state index in [0.717, 1.165) is 19.3 Å². The normalized spacial score (nSPS) is 13.9. The van der Waals surface area contributed by atoms with Crippen LogP contribution in [0.5, 0.6) is 0 Å². The van der Waals surface area contributed by atoms with Gasteiger partial charge in [0.25, 0.3) is 0 Å². The Bertz CT molecular complexity index is 240. The van der Waals surface area contributed by atoms with Crippen LogP contribution in [0.25, 0.3) is 0 Å². The summed E-state index contributed by atoms with van der Waals surface area (Å²) in [5.74, 6) is -0.117. The number of methoxy groups -OCH3 is 1. The zero-order chi connectivity index (χ0) is 13.9. The highest BCUT2D eigenvalue weighted by Crippen LogP contribution is 2.26. The minimum absolute atomic E-state index is 0.0623. The molecule has 0 aromatic heterocycles. The van der Waals surface area contributed by atoms with Gasteiger partial charge in [0.05, 0.1) is 13.2 Å². The second-order valence-electron chi connectivity index (χ2n) is 4.63. The maximum absolute atomic E-state index is 11.2. The van der Waals surface area contributed by atoms with Crippen molar-refractivity contribution >= 4 is 5.97 Å². The van der Waals surface area contributed by atoms with Gasteiger partial charge in [0.1, 0.15) is 6.79 Å². The molecule has 4 heteroatoms. The fraction of sp³-hybridized carbons (Fsp3) is 0.786. The topological polar surface area (TPSA) is 44.8 Å². The highest BCUT2D eigenvalue weighted by molar-refractivity contribution is 5.69. The highest BCUT2D eigenvalue weighted by atomic mass is 16.7. The molecular weight excluding hydrogens is 232 g/mol. The van der Waals surface area contributed by atoms with Crippen LogP contribution in [0.4, 0.5) is 0 Å². The summed E-state index contributed by atoms with van der Waals surface area (Å²) >= 11 is 0. The molecule has 0 rings (SSSR count). The Morgan fingerprint density at radius 2 is 2.11 bits per heavy atom. The van der Waals surface area contributed by atoms with Crippen LogP contribution >= 0.6 is 0 Å². The van der Waals surface area contributed by atoms with Crippen LogP contribution in [0.15, 0.2) is 12.7 Å². The Hall–Kier alpha value is -0.870. The molecule has 0 heterocycles. The molecule has 0 amide bonds. The van der Waals surface area contributed by atoms with Gasteiger partial charge in [0.2, 0.25) is 0 Å². The molecule has 0 unspecified atom stereocenters. The maximum Gasteiger partial charge on any atom is 0.305 e. The molecule has 0 aromatic rings. The minimum atomic E-state index is -0.117. The summed E-state index contributed by atoms with van der Waals surface area (Å²) in [4.78, 5) is 11.2. The molecule has 0 aliphatic carbocycles. The third kappa shape index (κ3) is 8.25. The summed E-state index contributed by atoms with van der Waals surface area (Å²) in [6.07, 6.45) is 5.14. The van der Waals surface area contributed by atoms with Crippen LogP contribution in [0.3, 0.4) is 0 Å². The molecule has 0 saturated heterocycles. The number of carbonyl (C=O) groups excluding carboxylic acids is 1. The quantitative estimate of drug-likeness (QED) is 0.247. The fourth-order valence-corrected chi connectivity index (χ4v) is 1.62. The predicted octanol–water partition coefficient (Wildman–Crippen LogP) is 2.92. The number of esters is 1. The zero-order valence-corrected chi connectivity index (χ0v) is 11.9. The first-order valence-corrected chi connectivity index (χ1v) is 6.44. The Morgan fingerprint density at radius 1 is 1.39 bits per heavy atom. The summed E-state index contributed by atoms with van der Waals surface area (Å²) in [5.41, 5.74) is -0.0623. The van der Waals surface area contributed by atoms with Gasteiger partial charge in [-0.15, -0.1) is 6.58 Å². The van der Waals surface area contributed by atoms with Gasteiger partial charge < -0.3 is 14.2 Å². The second-order valence-corrected chi connectivity index (χ2v) is 4.63. The SMILES string of the molecule is C=C[C@](C)(CCCCC(=O)OCC)COCOC. The summed E-state index contributed by atoms with van der Waals surface area (Å²) in [7, 11) is 1.60. The lowest BCUT2D eigenvalue weighted by Crippen LogP contribution is -2.21. The monoisotopic (exact) mass is 258 g/mol. The molecule has 1 atom stereocenters. The average Bonchev–Trinajstić information content (AvgIpc) is 2.35. The zero-order valence-electron chi connectivity index (χ0n) is 11.9. The first kappa shape index (κ1) is 17.1. The third-order valence-corrected chi connectivity index (χ3v) is 2.81. The number of hydrogen-bond acceptors (Lipinski definition) is 4. The summed E-state index contributed by atoms with van der Waals surface area (Å²) in [6, 6.07) is 0. The molecular formula is C14H26O4. The van der Waals surface area contributed by atoms with Crippen LogP contribution in [0.2, 0.25) is 0 Å². The fourth-order valence-electron chi connectivity index (χ4n) is 1.62. The van der Waals surface area contributed by atoms with Gasteiger partial charge in [-0.3, -0.25) is 4.79 Å². The van der Waals surface area contributed by atoms with Crippen molar-refractivity contribution < 1.29 is 19.0 Å². The lowest BCUT2D eigenvalue weighted by Gasteiger charge is -2.25. The highest BCUT2D eigenvalue weighted by Gasteiger charge is 2.20. The molecule has 0 radical (unpaired) electrons. The van der Waals surface area contributed by atoms with E-state index >= 15 is 0 Å². The van der Waals surface area contributed by atoms with Gasteiger partial charge in [-0.25, -0.2) is 0 Å². The Labute approximate surface area is 110 Å². The third-order valence-electron chi connectivity index (χ3n) is 2.81. The van der Waals surface area contributed by atoms with Crippen molar-refractivity contribution in [3.63, 3.8) is 0 Å². The molecule has 0 aliphatic heterocycles. The van der Waals surface area contributed by atoms with Crippen LogP contribution in [-0.2, 0) is 19.0 Å². The van der Waals surface area contributed by atoms with Crippen molar-refractivity contribution in [1.82, 2.24) is 0 Å². The molecule has 0 N–H and O–H groups in total. The molecule has 0 aliphatic rings. The first-order valence-electron chi connectivity index (χ1n) is 6.44. The van der Waals surface area contributed by atoms with E-state index in [1.54, 1.807) is 7.11 Å². The number of rotatable bonds is 11. The predicted molar refractivity (Wildman–Crippen MR) is 71.2 cm³/mol. The largest absolute Gasteiger partial charge is 0.466 e. The van der Waals surface area contributed by atoms with Crippen molar-refractivity contribution in [1.29, 1.82) is 0 Å². The lowest BCUT2D eigenvalue weighted by molar-refractivity contribution is -0.143. The summed E-state index contributed by atoms with van der Waals surface area (Å²) in [6.45, 7) is 9.10. The molecule has 0 spiro atoms. The van der Waals surface area contributed by atoms with Gasteiger partial charge in [-0.2, -0.15) is 0 Å². The van der Waals surface area contributed by atoms with E-state index in [2.05, 4.69) is 13.5 Å². The van der Waals surface area contributed by atoms with E-state index in [1.807, 2.05) is 13.0 Å². The molecule has 0 bridgehead atoms. The summed E-state index contributed by atoms with van der Waals surface area (Å²) in [5, 5.41) is 0. The number of unbranched alkanes of at least 4 members (excludes halogenated alkanes) is 1. The van der Waals surface area contributed by atoms with Crippen molar-refractivity contribution in [3.05, 3.63) is 12.7 Å². The molecule has 106 valence electrons. The summed E-state index contributed by atoms with van der Waals surface area (Å²) < 4.78 is 15.1. The average molecular weight is 258 g/mol. The van der Waals surface area contributed by atoms with Crippen LogP contribution in [0.1, 0.15) is 39.5 Å². The number of ether oxygens (including phenoxy) is 3. The van der Waals surface area contributed by atoms with Crippen molar-refractivity contribution in [2.75, 3.05) is 27.1 Å². The lowest BCUT2D eigenvalue weighted by atomic mass is 9.86. The smallest absolute Gasteiger partial charge is 0.305 e. The van der Waals surface area contributed by atoms with E-state index in [0.29, 0.717) is 26.4 Å². The number of carbonyl (C=O) groups is 1. The number of hydrogen-bond donors (Lipinski definition) is 0. The molecule has 0 aromatic carbocycles. The molecule has 0 saturated carbocycles. The molecule has 0 fully saturated rings. The van der Waals surface area contributed by atoms with Crippen LogP contribution in [-0.4, -0.2) is 33.1 Å². The van der Waals surface area contributed by atoms with Gasteiger partial charge in [0.15, 0.2) is 0 Å². The van der Waals surface area contributed by atoms with Crippen LogP contribution < -0.4 is 0 Å². The van der Waals surface area contributed by atoms with Gasteiger partial charge in [-0.1, -0.05) is 19.4 Å². The second kappa shape index (κ2) is 10.1. The molecule has 18 heavy (non-hydrogen) atoms. The first-order chi connectivity index (χ1) is 8.58. The van der Waals surface area contributed by atoms with Crippen molar-refractivity contribution in [2.24, 2.45) is 5.41 Å². The van der Waals surface area contributed by atoms with Crippen LogP contribution in [0, 0.1) is 5.41 Å². The van der Waals surface area contributed by atoms with Gasteiger partial charge in [-0.05, 0) is 19.8 Å². The maximum atomic E-state index is 11.2. The van der Waals surface area contributed by atoms with E-state index in [9.17, 15) is 4.79 Å². The van der Waals surface area contributed by atoms with Crippen molar-refractivity contribution in [3.8, 4) is 0 Å². The van der Waals surface area contributed by atoms with E-state index in [-0.39, 0.29) is 11.4 Å². The Balaban J connectivity index is 3.78. The minimum Gasteiger partial charge on any atom is -0.466 e. The molecule has 4 nitrogen and oxygen atoms in total. The van der Waals surface area contributed by atoms with E-state index in [1.165, 1.54) is 0 Å². The van der Waals surface area contributed by atoms with E-state index < -0.39 is 0 Å².